The molecule has 5 heteroatoms. The van der Waals surface area contributed by atoms with Crippen molar-refractivity contribution >= 4 is 23.0 Å². The summed E-state index contributed by atoms with van der Waals surface area (Å²) in [6.45, 7) is 0.715. The van der Waals surface area contributed by atoms with Gasteiger partial charge in [-0.2, -0.15) is 5.90 Å². The van der Waals surface area contributed by atoms with Crippen LogP contribution in [0.1, 0.15) is 13.0 Å². The maximum atomic E-state index is 10.9. The topological polar surface area (TPSA) is 71.3 Å². The minimum atomic E-state index is 0. The Bertz CT molecular complexity index is 562. The van der Waals surface area contributed by atoms with E-state index < -0.39 is 0 Å². The van der Waals surface area contributed by atoms with Crippen molar-refractivity contribution in [3.05, 3.63) is 23.9 Å². The molecule has 5 nitrogen and oxygen atoms in total. The third-order valence-electron chi connectivity index (χ3n) is 3.06. The molecule has 0 spiro atoms. The molecule has 1 aromatic carbocycles. The van der Waals surface area contributed by atoms with Crippen LogP contribution < -0.4 is 15.6 Å². The highest BCUT2D eigenvalue weighted by Gasteiger charge is 2.23. The van der Waals surface area contributed by atoms with Crippen molar-refractivity contribution in [1.29, 1.82) is 0 Å². The van der Waals surface area contributed by atoms with Crippen molar-refractivity contribution in [2.45, 2.75) is 13.8 Å². The third-order valence-corrected chi connectivity index (χ3v) is 3.06. The first-order valence-corrected chi connectivity index (χ1v) is 5.07. The maximum Gasteiger partial charge on any atom is 0.214 e. The van der Waals surface area contributed by atoms with Gasteiger partial charge in [-0.25, -0.2) is 0 Å². The highest BCUT2D eigenvalue weighted by molar-refractivity contribution is 5.97. The van der Waals surface area contributed by atoms with E-state index in [0.29, 0.717) is 12.3 Å². The number of carbonyl (C=O) groups excluding carboxylic acids is 1. The minimum absolute atomic E-state index is 0. The first kappa shape index (κ1) is 11.5. The predicted molar refractivity (Wildman–Crippen MR) is 67.0 cm³/mol. The molecule has 90 valence electrons. The van der Waals surface area contributed by atoms with Crippen LogP contribution in [0.15, 0.2) is 18.3 Å². The summed E-state index contributed by atoms with van der Waals surface area (Å²) >= 11 is 0. The molecule has 0 radical (unpaired) electrons. The largest absolute Gasteiger partial charge is 0.409 e. The van der Waals surface area contributed by atoms with E-state index in [1.807, 2.05) is 12.3 Å². The second-order valence-corrected chi connectivity index (χ2v) is 3.81. The van der Waals surface area contributed by atoms with Gasteiger partial charge in [0, 0.05) is 24.2 Å². The van der Waals surface area contributed by atoms with Gasteiger partial charge in [0.1, 0.15) is 0 Å². The standard InChI is InChI=1S/C11H11N3O2.CH4/c12-16-10-5-9-7(2-4-14(9)6-15)8-1-3-13-11(8)10;/h1,3,5-6,13H,2,4,12H2;1H4. The molecule has 0 atom stereocenters. The molecule has 0 fully saturated rings. The lowest BCUT2D eigenvalue weighted by atomic mass is 10.1. The maximum absolute atomic E-state index is 10.9. The Balaban J connectivity index is 0.00000108. The zero-order valence-electron chi connectivity index (χ0n) is 8.56. The highest BCUT2D eigenvalue weighted by Crippen LogP contribution is 2.38. The Kier molecular flexibility index (Phi) is 2.77. The van der Waals surface area contributed by atoms with E-state index in [1.54, 1.807) is 11.0 Å². The van der Waals surface area contributed by atoms with Gasteiger partial charge in [0.2, 0.25) is 6.41 Å². The predicted octanol–water partition coefficient (Wildman–Crippen LogP) is 1.58. The first-order valence-electron chi connectivity index (χ1n) is 5.07. The molecule has 2 heterocycles. The summed E-state index contributed by atoms with van der Waals surface area (Å²) in [5, 5.41) is 1.07. The number of benzene rings is 1. The van der Waals surface area contributed by atoms with E-state index >= 15 is 0 Å². The van der Waals surface area contributed by atoms with Gasteiger partial charge in [-0.1, -0.05) is 7.43 Å². The van der Waals surface area contributed by atoms with Crippen LogP contribution in [-0.2, 0) is 11.2 Å². The van der Waals surface area contributed by atoms with Crippen LogP contribution in [0.25, 0.3) is 10.9 Å². The quantitative estimate of drug-likeness (QED) is 0.611. The molecule has 1 aliphatic heterocycles. The molecule has 0 bridgehead atoms. The lowest BCUT2D eigenvalue weighted by Gasteiger charge is -2.11. The van der Waals surface area contributed by atoms with Crippen molar-refractivity contribution in [2.75, 3.05) is 11.4 Å². The Morgan fingerprint density at radius 3 is 3.06 bits per heavy atom. The van der Waals surface area contributed by atoms with Crippen molar-refractivity contribution in [2.24, 2.45) is 5.90 Å². The van der Waals surface area contributed by atoms with Gasteiger partial charge in [-0.3, -0.25) is 4.79 Å². The molecule has 3 rings (SSSR count). The Morgan fingerprint density at radius 2 is 2.35 bits per heavy atom. The van der Waals surface area contributed by atoms with Crippen molar-refractivity contribution in [3.63, 3.8) is 0 Å². The average molecular weight is 233 g/mol. The van der Waals surface area contributed by atoms with E-state index in [4.69, 9.17) is 10.7 Å². The van der Waals surface area contributed by atoms with Crippen LogP contribution >= 0.6 is 0 Å². The lowest BCUT2D eigenvalue weighted by Crippen LogP contribution is -2.17. The summed E-state index contributed by atoms with van der Waals surface area (Å²) in [6.07, 6.45) is 3.55. The number of aromatic nitrogens is 1. The summed E-state index contributed by atoms with van der Waals surface area (Å²) in [5.41, 5.74) is 2.95. The lowest BCUT2D eigenvalue weighted by molar-refractivity contribution is -0.107. The molecular formula is C12H15N3O2. The van der Waals surface area contributed by atoms with Crippen LogP contribution in [0.2, 0.25) is 0 Å². The summed E-state index contributed by atoms with van der Waals surface area (Å²) < 4.78 is 0. The van der Waals surface area contributed by atoms with Crippen molar-refractivity contribution < 1.29 is 9.63 Å². The molecule has 3 N–H and O–H groups in total. The zero-order valence-corrected chi connectivity index (χ0v) is 8.56. The molecule has 0 saturated heterocycles. The third kappa shape index (κ3) is 1.47. The smallest absolute Gasteiger partial charge is 0.214 e. The van der Waals surface area contributed by atoms with Gasteiger partial charge in [0.15, 0.2) is 5.75 Å². The Hall–Kier alpha value is -2.01. The summed E-state index contributed by atoms with van der Waals surface area (Å²) in [6, 6.07) is 3.78. The molecule has 1 aromatic heterocycles. The van der Waals surface area contributed by atoms with E-state index in [2.05, 4.69) is 4.98 Å². The molecule has 1 aliphatic rings. The van der Waals surface area contributed by atoms with Crippen LogP contribution in [-0.4, -0.2) is 17.9 Å². The number of hydrogen-bond donors (Lipinski definition) is 2. The fourth-order valence-corrected chi connectivity index (χ4v) is 2.32. The SMILES string of the molecule is C.NOc1cc2c(c3cc[nH]c13)CCN2C=O. The fourth-order valence-electron chi connectivity index (χ4n) is 2.32. The van der Waals surface area contributed by atoms with Crippen LogP contribution in [0.4, 0.5) is 5.69 Å². The average Bonchev–Trinajstić information content (AvgIpc) is 2.93. The van der Waals surface area contributed by atoms with Crippen molar-refractivity contribution in [3.8, 4) is 5.75 Å². The number of nitrogens with one attached hydrogen (secondary N) is 1. The van der Waals surface area contributed by atoms with Gasteiger partial charge >= 0.3 is 0 Å². The molecule has 1 amide bonds. The minimum Gasteiger partial charge on any atom is -0.409 e. The molecule has 0 unspecified atom stereocenters. The zero-order chi connectivity index (χ0) is 11.1. The van der Waals surface area contributed by atoms with Crippen molar-refractivity contribution in [1.82, 2.24) is 4.98 Å². The number of H-pyrrole nitrogens is 1. The van der Waals surface area contributed by atoms with Crippen LogP contribution in [0.3, 0.4) is 0 Å². The number of carbonyl (C=O) groups is 1. The van der Waals surface area contributed by atoms with Gasteiger partial charge in [0.25, 0.3) is 0 Å². The van der Waals surface area contributed by atoms with Gasteiger partial charge in [-0.15, -0.1) is 0 Å². The number of rotatable bonds is 2. The Labute approximate surface area is 99.1 Å². The highest BCUT2D eigenvalue weighted by atomic mass is 16.6. The van der Waals surface area contributed by atoms with E-state index in [0.717, 1.165) is 29.4 Å². The second-order valence-electron chi connectivity index (χ2n) is 3.81. The number of nitrogens with zero attached hydrogens (tertiary/aromatic N) is 1. The van der Waals surface area contributed by atoms with Gasteiger partial charge in [-0.05, 0) is 18.1 Å². The molecular weight excluding hydrogens is 218 g/mol. The van der Waals surface area contributed by atoms with Crippen LogP contribution in [0.5, 0.6) is 5.75 Å². The Morgan fingerprint density at radius 1 is 1.53 bits per heavy atom. The van der Waals surface area contributed by atoms with E-state index in [-0.39, 0.29) is 7.43 Å². The van der Waals surface area contributed by atoms with Gasteiger partial charge in [0.05, 0.1) is 11.2 Å². The van der Waals surface area contributed by atoms with Gasteiger partial charge < -0.3 is 14.7 Å². The fraction of sp³-hybridized carbons (Fsp3) is 0.250. The second kappa shape index (κ2) is 4.10. The number of amides is 1. The molecule has 17 heavy (non-hydrogen) atoms. The van der Waals surface area contributed by atoms with E-state index in [1.165, 1.54) is 5.56 Å². The number of nitrogens with two attached hydrogens (primary N) is 1. The molecule has 0 saturated carbocycles. The number of fused-ring (bicyclic) bond motifs is 3. The summed E-state index contributed by atoms with van der Waals surface area (Å²) in [5.74, 6) is 5.79. The normalized spacial score (nSPS) is 13.4. The molecule has 0 aliphatic carbocycles. The number of anilines is 1. The van der Waals surface area contributed by atoms with Crippen LogP contribution in [0, 0.1) is 0 Å². The number of hydrogen-bond acceptors (Lipinski definition) is 3. The molecule has 2 aromatic rings. The monoisotopic (exact) mass is 233 g/mol. The van der Waals surface area contributed by atoms with E-state index in [9.17, 15) is 4.79 Å². The first-order chi connectivity index (χ1) is 7.85. The number of aromatic amines is 1. The summed E-state index contributed by atoms with van der Waals surface area (Å²) in [4.78, 5) is 20.5. The summed E-state index contributed by atoms with van der Waals surface area (Å²) in [7, 11) is 0.